The molecule has 6 nitrogen and oxygen atoms in total. The van der Waals surface area contributed by atoms with E-state index in [0.29, 0.717) is 16.9 Å². The van der Waals surface area contributed by atoms with Crippen LogP contribution in [0, 0.1) is 6.92 Å². The number of anilines is 1. The number of rotatable bonds is 7. The Bertz CT molecular complexity index is 983. The standard InChI is InChI=1S/C22H26N4O2S/c1-13(2)18-8-6-7-14(3)19(18)23-21(27)15(4)29-22-24-20(25-26-22)16-9-11-17(28-5)12-10-16/h6-13,15H,1-5H3,(H,23,27)(H,24,25,26)/t15-/m0/s1. The van der Waals surface area contributed by atoms with Gasteiger partial charge in [0, 0.05) is 11.3 Å². The lowest BCUT2D eigenvalue weighted by molar-refractivity contribution is -0.115. The number of benzene rings is 2. The summed E-state index contributed by atoms with van der Waals surface area (Å²) in [7, 11) is 1.63. The number of hydrogen-bond donors (Lipinski definition) is 2. The number of hydrogen-bond acceptors (Lipinski definition) is 5. The smallest absolute Gasteiger partial charge is 0.237 e. The third-order valence-electron chi connectivity index (χ3n) is 4.65. The van der Waals surface area contributed by atoms with Gasteiger partial charge < -0.3 is 10.1 Å². The average Bonchev–Trinajstić information content (AvgIpc) is 3.17. The van der Waals surface area contributed by atoms with Gasteiger partial charge in [-0.2, -0.15) is 0 Å². The molecule has 0 saturated carbocycles. The lowest BCUT2D eigenvalue weighted by Crippen LogP contribution is -2.24. The summed E-state index contributed by atoms with van der Waals surface area (Å²) in [4.78, 5) is 17.3. The van der Waals surface area contributed by atoms with E-state index in [9.17, 15) is 4.79 Å². The van der Waals surface area contributed by atoms with Crippen molar-refractivity contribution in [1.82, 2.24) is 15.2 Å². The molecule has 7 heteroatoms. The van der Waals surface area contributed by atoms with E-state index in [1.54, 1.807) is 7.11 Å². The summed E-state index contributed by atoms with van der Waals surface area (Å²) in [5.74, 6) is 1.70. The number of methoxy groups -OCH3 is 1. The Morgan fingerprint density at radius 2 is 1.86 bits per heavy atom. The van der Waals surface area contributed by atoms with Crippen molar-refractivity contribution in [1.29, 1.82) is 0 Å². The van der Waals surface area contributed by atoms with Crippen LogP contribution in [0.25, 0.3) is 11.4 Å². The molecule has 0 saturated heterocycles. The van der Waals surface area contributed by atoms with E-state index in [1.165, 1.54) is 11.8 Å². The maximum absolute atomic E-state index is 12.8. The Morgan fingerprint density at radius 1 is 1.14 bits per heavy atom. The summed E-state index contributed by atoms with van der Waals surface area (Å²) < 4.78 is 5.17. The molecule has 3 aromatic rings. The van der Waals surface area contributed by atoms with Crippen molar-refractivity contribution < 1.29 is 9.53 Å². The number of amides is 1. The van der Waals surface area contributed by atoms with Gasteiger partial charge in [0.25, 0.3) is 0 Å². The van der Waals surface area contributed by atoms with E-state index in [1.807, 2.05) is 50.2 Å². The third kappa shape index (κ3) is 4.98. The van der Waals surface area contributed by atoms with Crippen molar-refractivity contribution in [2.24, 2.45) is 0 Å². The Morgan fingerprint density at radius 3 is 2.52 bits per heavy atom. The van der Waals surface area contributed by atoms with Gasteiger partial charge in [-0.05, 0) is 55.2 Å². The van der Waals surface area contributed by atoms with Gasteiger partial charge in [0.15, 0.2) is 5.82 Å². The molecule has 0 spiro atoms. The highest BCUT2D eigenvalue weighted by atomic mass is 32.2. The molecule has 3 rings (SSSR count). The first-order valence-electron chi connectivity index (χ1n) is 9.53. The third-order valence-corrected chi connectivity index (χ3v) is 5.62. The van der Waals surface area contributed by atoms with Gasteiger partial charge in [0.1, 0.15) is 5.75 Å². The molecule has 0 aliphatic rings. The van der Waals surface area contributed by atoms with E-state index in [4.69, 9.17) is 4.74 Å². The van der Waals surface area contributed by atoms with Crippen molar-refractivity contribution in [2.45, 2.75) is 44.0 Å². The predicted octanol–water partition coefficient (Wildman–Crippen LogP) is 5.03. The average molecular weight is 411 g/mol. The van der Waals surface area contributed by atoms with Crippen LogP contribution < -0.4 is 10.1 Å². The topological polar surface area (TPSA) is 79.9 Å². The maximum atomic E-state index is 12.8. The number of H-pyrrole nitrogens is 1. The second-order valence-corrected chi connectivity index (χ2v) is 8.45. The molecule has 0 radical (unpaired) electrons. The van der Waals surface area contributed by atoms with Crippen LogP contribution in [0.2, 0.25) is 0 Å². The number of para-hydroxylation sites is 1. The fourth-order valence-electron chi connectivity index (χ4n) is 2.96. The summed E-state index contributed by atoms with van der Waals surface area (Å²) in [6, 6.07) is 13.7. The first-order chi connectivity index (χ1) is 13.9. The van der Waals surface area contributed by atoms with Crippen molar-refractivity contribution in [3.63, 3.8) is 0 Å². The van der Waals surface area contributed by atoms with Crippen LogP contribution in [0.4, 0.5) is 5.69 Å². The zero-order chi connectivity index (χ0) is 21.0. The minimum atomic E-state index is -0.339. The zero-order valence-corrected chi connectivity index (χ0v) is 18.1. The minimum Gasteiger partial charge on any atom is -0.497 e. The number of ether oxygens (including phenoxy) is 1. The summed E-state index contributed by atoms with van der Waals surface area (Å²) in [5.41, 5.74) is 3.99. The highest BCUT2D eigenvalue weighted by molar-refractivity contribution is 8.00. The molecule has 0 aliphatic heterocycles. The first-order valence-corrected chi connectivity index (χ1v) is 10.4. The summed E-state index contributed by atoms with van der Waals surface area (Å²) >= 11 is 1.32. The highest BCUT2D eigenvalue weighted by Crippen LogP contribution is 2.29. The van der Waals surface area contributed by atoms with Crippen LogP contribution >= 0.6 is 11.8 Å². The monoisotopic (exact) mass is 410 g/mol. The Labute approximate surface area is 175 Å². The number of carbonyl (C=O) groups excluding carboxylic acids is 1. The molecule has 2 aromatic carbocycles. The maximum Gasteiger partial charge on any atom is 0.237 e. The van der Waals surface area contributed by atoms with Gasteiger partial charge in [-0.1, -0.05) is 43.8 Å². The molecule has 152 valence electrons. The molecule has 0 bridgehead atoms. The molecule has 1 aromatic heterocycles. The number of aromatic nitrogens is 3. The van der Waals surface area contributed by atoms with Crippen LogP contribution in [-0.4, -0.2) is 33.4 Å². The molecule has 29 heavy (non-hydrogen) atoms. The zero-order valence-electron chi connectivity index (χ0n) is 17.3. The molecular formula is C22H26N4O2S. The number of nitrogens with zero attached hydrogens (tertiary/aromatic N) is 2. The summed E-state index contributed by atoms with van der Waals surface area (Å²) in [5, 5.41) is 10.5. The van der Waals surface area contributed by atoms with Gasteiger partial charge in [0.2, 0.25) is 11.1 Å². The van der Waals surface area contributed by atoms with Crippen LogP contribution in [0.15, 0.2) is 47.6 Å². The molecule has 1 amide bonds. The Kier molecular flexibility index (Phi) is 6.59. The molecule has 0 aliphatic carbocycles. The van der Waals surface area contributed by atoms with E-state index >= 15 is 0 Å². The van der Waals surface area contributed by atoms with Crippen molar-refractivity contribution >= 4 is 23.4 Å². The fourth-order valence-corrected chi connectivity index (χ4v) is 3.68. The number of aryl methyl sites for hydroxylation is 1. The normalized spacial score (nSPS) is 12.1. The quantitative estimate of drug-likeness (QED) is 0.534. The van der Waals surface area contributed by atoms with Crippen molar-refractivity contribution in [2.75, 3.05) is 12.4 Å². The number of aromatic amines is 1. The van der Waals surface area contributed by atoms with Crippen LogP contribution in [-0.2, 0) is 4.79 Å². The van der Waals surface area contributed by atoms with Gasteiger partial charge in [-0.3, -0.25) is 9.89 Å². The number of nitrogens with one attached hydrogen (secondary N) is 2. The van der Waals surface area contributed by atoms with E-state index in [-0.39, 0.29) is 11.2 Å². The lowest BCUT2D eigenvalue weighted by atomic mass is 9.98. The minimum absolute atomic E-state index is 0.0676. The lowest BCUT2D eigenvalue weighted by Gasteiger charge is -2.18. The summed E-state index contributed by atoms with van der Waals surface area (Å²) in [6.45, 7) is 8.11. The Balaban J connectivity index is 1.68. The van der Waals surface area contributed by atoms with E-state index < -0.39 is 0 Å². The second kappa shape index (κ2) is 9.13. The van der Waals surface area contributed by atoms with Crippen molar-refractivity contribution in [3.05, 3.63) is 53.6 Å². The molecule has 0 unspecified atom stereocenters. The molecule has 1 atom stereocenters. The summed E-state index contributed by atoms with van der Waals surface area (Å²) in [6.07, 6.45) is 0. The van der Waals surface area contributed by atoms with Gasteiger partial charge in [0.05, 0.1) is 12.4 Å². The fraction of sp³-hybridized carbons (Fsp3) is 0.318. The highest BCUT2D eigenvalue weighted by Gasteiger charge is 2.20. The predicted molar refractivity (Wildman–Crippen MR) is 118 cm³/mol. The second-order valence-electron chi connectivity index (χ2n) is 7.14. The van der Waals surface area contributed by atoms with Crippen molar-refractivity contribution in [3.8, 4) is 17.1 Å². The van der Waals surface area contributed by atoms with Gasteiger partial charge >= 0.3 is 0 Å². The molecule has 1 heterocycles. The van der Waals surface area contributed by atoms with Crippen LogP contribution in [0.3, 0.4) is 0 Å². The number of carbonyl (C=O) groups is 1. The van der Waals surface area contributed by atoms with Gasteiger partial charge in [-0.25, -0.2) is 4.98 Å². The van der Waals surface area contributed by atoms with E-state index in [2.05, 4.69) is 40.4 Å². The van der Waals surface area contributed by atoms with Crippen LogP contribution in [0.5, 0.6) is 5.75 Å². The largest absolute Gasteiger partial charge is 0.497 e. The molecular weight excluding hydrogens is 384 g/mol. The molecule has 0 fully saturated rings. The molecule has 2 N–H and O–H groups in total. The van der Waals surface area contributed by atoms with E-state index in [0.717, 1.165) is 28.1 Å². The van der Waals surface area contributed by atoms with Gasteiger partial charge in [-0.15, -0.1) is 5.10 Å². The first kappa shape index (κ1) is 20.9. The van der Waals surface area contributed by atoms with Crippen LogP contribution in [0.1, 0.15) is 37.8 Å². The number of thioether (sulfide) groups is 1. The Hall–Kier alpha value is -2.80. The SMILES string of the molecule is COc1ccc(-c2nc(S[C@@H](C)C(=O)Nc3c(C)cccc3C(C)C)n[nH]2)cc1.